The minimum absolute atomic E-state index is 0.0113. The predicted octanol–water partition coefficient (Wildman–Crippen LogP) is 5.20. The predicted molar refractivity (Wildman–Crippen MR) is 127 cm³/mol. The van der Waals surface area contributed by atoms with Crippen LogP contribution in [0.25, 0.3) is 10.2 Å². The molecular weight excluding hydrogens is 468 g/mol. The average Bonchev–Trinajstić information content (AvgIpc) is 3.40. The first-order chi connectivity index (χ1) is 15.8. The Morgan fingerprint density at radius 2 is 1.97 bits per heavy atom. The van der Waals surface area contributed by atoms with Gasteiger partial charge in [-0.25, -0.2) is 4.98 Å². The minimum atomic E-state index is -2.87. The Kier molecular flexibility index (Phi) is 7.33. The van der Waals surface area contributed by atoms with Gasteiger partial charge < -0.3 is 10.1 Å². The number of amides is 1. The van der Waals surface area contributed by atoms with Crippen LogP contribution in [0.15, 0.2) is 34.2 Å². The normalized spacial score (nSPS) is 14.3. The maximum atomic E-state index is 13.4. The summed E-state index contributed by atoms with van der Waals surface area (Å²) < 4.78 is 30.6. The fraction of sp³-hybridized carbons (Fsp3) is 0.435. The van der Waals surface area contributed by atoms with E-state index >= 15 is 0 Å². The molecule has 4 rings (SSSR count). The van der Waals surface area contributed by atoms with Gasteiger partial charge in [-0.2, -0.15) is 8.78 Å². The third kappa shape index (κ3) is 5.38. The summed E-state index contributed by atoms with van der Waals surface area (Å²) in [5.74, 6) is 0.000392. The first kappa shape index (κ1) is 23.7. The van der Waals surface area contributed by atoms with Crippen molar-refractivity contribution in [2.45, 2.75) is 63.9 Å². The standard InChI is InChI=1S/C23H25F2N3O3S2/c1-13-14(2)33-20-19(13)21(30)28(16-5-3-4-6-16)23(27-20)32-12-18(29)26-11-15-7-9-17(10-8-15)31-22(24)25/h7-10,16,22H,3-6,11-12H2,1-2H3,(H,26,29). The van der Waals surface area contributed by atoms with Crippen molar-refractivity contribution in [3.05, 3.63) is 50.6 Å². The molecule has 1 amide bonds. The molecule has 1 aromatic carbocycles. The fourth-order valence-corrected chi connectivity index (χ4v) is 6.01. The molecule has 0 unspecified atom stereocenters. The number of thiophene rings is 1. The zero-order chi connectivity index (χ0) is 23.5. The summed E-state index contributed by atoms with van der Waals surface area (Å²) in [6.45, 7) is 1.35. The molecule has 1 N–H and O–H groups in total. The van der Waals surface area contributed by atoms with Crippen molar-refractivity contribution in [1.29, 1.82) is 0 Å². The average molecular weight is 494 g/mol. The Bertz CT molecular complexity index is 1200. The summed E-state index contributed by atoms with van der Waals surface area (Å²) in [7, 11) is 0. The Morgan fingerprint density at radius 1 is 1.27 bits per heavy atom. The summed E-state index contributed by atoms with van der Waals surface area (Å²) in [4.78, 5) is 32.4. The first-order valence-electron chi connectivity index (χ1n) is 10.8. The van der Waals surface area contributed by atoms with Gasteiger partial charge in [-0.1, -0.05) is 36.7 Å². The van der Waals surface area contributed by atoms with Crippen molar-refractivity contribution in [3.8, 4) is 5.75 Å². The molecule has 0 aliphatic heterocycles. The number of benzene rings is 1. The molecule has 33 heavy (non-hydrogen) atoms. The summed E-state index contributed by atoms with van der Waals surface area (Å²) in [5.41, 5.74) is 1.74. The summed E-state index contributed by atoms with van der Waals surface area (Å²) in [5, 5.41) is 4.10. The van der Waals surface area contributed by atoms with E-state index in [-0.39, 0.29) is 35.6 Å². The number of carbonyl (C=O) groups excluding carboxylic acids is 1. The second-order valence-electron chi connectivity index (χ2n) is 8.06. The van der Waals surface area contributed by atoms with Crippen molar-refractivity contribution in [1.82, 2.24) is 14.9 Å². The van der Waals surface area contributed by atoms with Gasteiger partial charge in [0.25, 0.3) is 5.56 Å². The molecule has 1 fully saturated rings. The number of aryl methyl sites for hydroxylation is 2. The van der Waals surface area contributed by atoms with Crippen molar-refractivity contribution in [3.63, 3.8) is 0 Å². The molecule has 2 aromatic heterocycles. The van der Waals surface area contributed by atoms with E-state index in [1.54, 1.807) is 16.7 Å². The number of carbonyl (C=O) groups is 1. The number of halogens is 2. The maximum Gasteiger partial charge on any atom is 0.387 e. The maximum absolute atomic E-state index is 13.4. The molecule has 10 heteroatoms. The third-order valence-electron chi connectivity index (χ3n) is 5.86. The van der Waals surface area contributed by atoms with E-state index < -0.39 is 6.61 Å². The molecule has 1 aliphatic rings. The Hall–Kier alpha value is -2.46. The van der Waals surface area contributed by atoms with E-state index in [1.807, 2.05) is 13.8 Å². The highest BCUT2D eigenvalue weighted by Gasteiger charge is 2.25. The Labute approximate surface area is 198 Å². The SMILES string of the molecule is Cc1sc2nc(SCC(=O)NCc3ccc(OC(F)F)cc3)n(C3CCCC3)c(=O)c2c1C. The van der Waals surface area contributed by atoms with Crippen LogP contribution in [0, 0.1) is 13.8 Å². The topological polar surface area (TPSA) is 73.2 Å². The van der Waals surface area contributed by atoms with Crippen LogP contribution in [0.5, 0.6) is 5.75 Å². The highest BCUT2D eigenvalue weighted by molar-refractivity contribution is 7.99. The second kappa shape index (κ2) is 10.2. The minimum Gasteiger partial charge on any atom is -0.435 e. The summed E-state index contributed by atoms with van der Waals surface area (Å²) in [6, 6.07) is 6.24. The van der Waals surface area contributed by atoms with Gasteiger partial charge in [0, 0.05) is 17.5 Å². The lowest BCUT2D eigenvalue weighted by Gasteiger charge is -2.18. The van der Waals surface area contributed by atoms with E-state index in [9.17, 15) is 18.4 Å². The second-order valence-corrected chi connectivity index (χ2v) is 10.2. The van der Waals surface area contributed by atoms with Gasteiger partial charge in [-0.05, 0) is 49.9 Å². The van der Waals surface area contributed by atoms with Gasteiger partial charge in [0.05, 0.1) is 11.1 Å². The van der Waals surface area contributed by atoms with Gasteiger partial charge >= 0.3 is 6.61 Å². The van der Waals surface area contributed by atoms with Gasteiger partial charge in [-0.3, -0.25) is 14.2 Å². The van der Waals surface area contributed by atoms with Crippen molar-refractivity contribution in [2.24, 2.45) is 0 Å². The van der Waals surface area contributed by atoms with Crippen LogP contribution in [0.1, 0.15) is 47.7 Å². The van der Waals surface area contributed by atoms with E-state index in [4.69, 9.17) is 4.98 Å². The van der Waals surface area contributed by atoms with Crippen molar-refractivity contribution in [2.75, 3.05) is 5.75 Å². The number of thioether (sulfide) groups is 1. The number of fused-ring (bicyclic) bond motifs is 1. The van der Waals surface area contributed by atoms with Gasteiger partial charge in [0.2, 0.25) is 5.91 Å². The largest absolute Gasteiger partial charge is 0.435 e. The number of aromatic nitrogens is 2. The number of nitrogens with one attached hydrogen (secondary N) is 1. The first-order valence-corrected chi connectivity index (χ1v) is 12.6. The lowest BCUT2D eigenvalue weighted by atomic mass is 10.2. The number of alkyl halides is 2. The summed E-state index contributed by atoms with van der Waals surface area (Å²) in [6.07, 6.45) is 4.06. The monoisotopic (exact) mass is 493 g/mol. The van der Waals surface area contributed by atoms with Crippen LogP contribution in [0.2, 0.25) is 0 Å². The van der Waals surface area contributed by atoms with Crippen molar-refractivity contribution < 1.29 is 18.3 Å². The molecule has 0 saturated heterocycles. The quantitative estimate of drug-likeness (QED) is 0.345. The molecule has 176 valence electrons. The van der Waals surface area contributed by atoms with E-state index in [1.165, 1.54) is 35.2 Å². The molecule has 2 heterocycles. The molecule has 0 bridgehead atoms. The fourth-order valence-electron chi connectivity index (χ4n) is 4.04. The number of ether oxygens (including phenoxy) is 1. The molecule has 3 aromatic rings. The molecule has 0 spiro atoms. The van der Waals surface area contributed by atoms with Crippen molar-refractivity contribution >= 4 is 39.2 Å². The highest BCUT2D eigenvalue weighted by Crippen LogP contribution is 2.34. The van der Waals surface area contributed by atoms with Gasteiger partial charge in [0.1, 0.15) is 10.6 Å². The van der Waals surface area contributed by atoms with Crippen LogP contribution < -0.4 is 15.6 Å². The molecule has 1 aliphatic carbocycles. The number of hydrogen-bond acceptors (Lipinski definition) is 6. The molecular formula is C23H25F2N3O3S2. The van der Waals surface area contributed by atoms with E-state index in [0.29, 0.717) is 10.5 Å². The lowest BCUT2D eigenvalue weighted by molar-refractivity contribution is -0.118. The molecule has 0 radical (unpaired) electrons. The van der Waals surface area contributed by atoms with E-state index in [2.05, 4.69) is 10.1 Å². The van der Waals surface area contributed by atoms with Gasteiger partial charge in [0.15, 0.2) is 5.16 Å². The van der Waals surface area contributed by atoms with Crippen LogP contribution in [-0.2, 0) is 11.3 Å². The Balaban J connectivity index is 1.45. The highest BCUT2D eigenvalue weighted by atomic mass is 32.2. The molecule has 1 saturated carbocycles. The van der Waals surface area contributed by atoms with Crippen LogP contribution >= 0.6 is 23.1 Å². The zero-order valence-electron chi connectivity index (χ0n) is 18.4. The molecule has 6 nitrogen and oxygen atoms in total. The number of nitrogens with zero attached hydrogens (tertiary/aromatic N) is 2. The molecule has 0 atom stereocenters. The zero-order valence-corrected chi connectivity index (χ0v) is 20.0. The van der Waals surface area contributed by atoms with Gasteiger partial charge in [-0.15, -0.1) is 11.3 Å². The Morgan fingerprint density at radius 3 is 2.64 bits per heavy atom. The smallest absolute Gasteiger partial charge is 0.387 e. The third-order valence-corrected chi connectivity index (χ3v) is 7.92. The number of hydrogen-bond donors (Lipinski definition) is 1. The number of rotatable bonds is 8. The van der Waals surface area contributed by atoms with Crippen LogP contribution in [0.4, 0.5) is 8.78 Å². The van der Waals surface area contributed by atoms with Crippen LogP contribution in [0.3, 0.4) is 0 Å². The van der Waals surface area contributed by atoms with Crippen LogP contribution in [-0.4, -0.2) is 27.8 Å². The van der Waals surface area contributed by atoms with E-state index in [0.717, 1.165) is 46.5 Å². The summed E-state index contributed by atoms with van der Waals surface area (Å²) >= 11 is 2.78. The lowest BCUT2D eigenvalue weighted by Crippen LogP contribution is -2.28.